The van der Waals surface area contributed by atoms with E-state index >= 15 is 0 Å². The van der Waals surface area contributed by atoms with E-state index in [-0.39, 0.29) is 17.8 Å². The Morgan fingerprint density at radius 3 is 2.64 bits per heavy atom. The summed E-state index contributed by atoms with van der Waals surface area (Å²) in [6.07, 6.45) is -0.219. The Hall–Kier alpha value is -1.34. The summed E-state index contributed by atoms with van der Waals surface area (Å²) in [6, 6.07) is 8.42. The minimum Gasteiger partial charge on any atom is -0.480 e. The largest absolute Gasteiger partial charge is 0.480 e. The van der Waals surface area contributed by atoms with Gasteiger partial charge < -0.3 is 9.84 Å². The first kappa shape index (κ1) is 17.0. The fraction of sp³-hybridized carbons (Fsp3) is 0.467. The molecule has 5 nitrogen and oxygen atoms in total. The lowest BCUT2D eigenvalue weighted by molar-refractivity contribution is -0.141. The van der Waals surface area contributed by atoms with Gasteiger partial charge in [0.1, 0.15) is 12.6 Å². The van der Waals surface area contributed by atoms with Gasteiger partial charge in [-0.1, -0.05) is 30.3 Å². The Morgan fingerprint density at radius 2 is 2.05 bits per heavy atom. The molecule has 0 bridgehead atoms. The predicted octanol–water partition coefficient (Wildman–Crippen LogP) is 2.33. The zero-order chi connectivity index (χ0) is 16.1. The third kappa shape index (κ3) is 4.10. The van der Waals surface area contributed by atoms with E-state index in [1.54, 1.807) is 0 Å². The molecule has 1 N–H and O–H groups in total. The quantitative estimate of drug-likeness (QED) is 0.719. The molecule has 1 heterocycles. The molecule has 1 aromatic carbocycles. The van der Waals surface area contributed by atoms with Crippen LogP contribution in [-0.4, -0.2) is 45.7 Å². The number of nitrogens with zero attached hydrogens (tertiary/aromatic N) is 1. The van der Waals surface area contributed by atoms with E-state index < -0.39 is 18.1 Å². The van der Waals surface area contributed by atoms with E-state index in [1.165, 1.54) is 4.90 Å². The second-order valence-electron chi connectivity index (χ2n) is 5.29. The van der Waals surface area contributed by atoms with Gasteiger partial charge in [0.2, 0.25) is 0 Å². The van der Waals surface area contributed by atoms with E-state index in [9.17, 15) is 14.7 Å². The number of hydrogen-bond acceptors (Lipinski definition) is 5. The van der Waals surface area contributed by atoms with E-state index in [0.29, 0.717) is 18.7 Å². The number of benzene rings is 1. The van der Waals surface area contributed by atoms with Gasteiger partial charge in [0.05, 0.1) is 0 Å². The molecule has 1 aliphatic heterocycles. The van der Waals surface area contributed by atoms with Gasteiger partial charge in [-0.3, -0.25) is 4.90 Å². The Kier molecular flexibility index (Phi) is 6.02. The Balaban J connectivity index is 1.98. The molecule has 0 aromatic heterocycles. The van der Waals surface area contributed by atoms with Crippen molar-refractivity contribution in [1.82, 2.24) is 4.90 Å². The van der Waals surface area contributed by atoms with Crippen LogP contribution in [-0.2, 0) is 16.1 Å². The molecule has 1 saturated heterocycles. The number of thiol groups is 2. The topological polar surface area (TPSA) is 66.8 Å². The number of carboxylic acid groups (broad SMARTS) is 1. The Labute approximate surface area is 140 Å². The van der Waals surface area contributed by atoms with E-state index in [4.69, 9.17) is 4.74 Å². The molecule has 1 amide bonds. The first-order valence-electron chi connectivity index (χ1n) is 7.02. The van der Waals surface area contributed by atoms with Gasteiger partial charge >= 0.3 is 12.1 Å². The number of ether oxygens (including phenoxy) is 1. The molecule has 1 fully saturated rings. The van der Waals surface area contributed by atoms with Gasteiger partial charge in [0, 0.05) is 17.5 Å². The van der Waals surface area contributed by atoms with Crippen LogP contribution in [0, 0.1) is 5.92 Å². The highest BCUT2D eigenvalue weighted by Crippen LogP contribution is 2.29. The van der Waals surface area contributed by atoms with Crippen molar-refractivity contribution in [3.63, 3.8) is 0 Å². The average Bonchev–Trinajstić information content (AvgIpc) is 2.98. The van der Waals surface area contributed by atoms with Crippen molar-refractivity contribution in [3.05, 3.63) is 35.9 Å². The standard InChI is InChI=1S/C15H19NO4S2/c17-14(18)12-6-11(13(22)9-21)7-16(12)15(19)20-8-10-4-2-1-3-5-10/h1-5,11-13,21-22H,6-9H2,(H,17,18)/t11?,12-,13?/m0/s1. The van der Waals surface area contributed by atoms with Crippen LogP contribution in [0.25, 0.3) is 0 Å². The second kappa shape index (κ2) is 7.78. The van der Waals surface area contributed by atoms with Gasteiger partial charge in [-0.15, -0.1) is 0 Å². The van der Waals surface area contributed by atoms with Crippen LogP contribution in [0.3, 0.4) is 0 Å². The molecule has 7 heteroatoms. The van der Waals surface area contributed by atoms with Gasteiger partial charge in [-0.05, 0) is 17.9 Å². The molecule has 0 aliphatic carbocycles. The van der Waals surface area contributed by atoms with Crippen LogP contribution in [0.15, 0.2) is 30.3 Å². The highest BCUT2D eigenvalue weighted by molar-refractivity contribution is 7.84. The van der Waals surface area contributed by atoms with Crippen LogP contribution in [0.2, 0.25) is 0 Å². The van der Waals surface area contributed by atoms with Crippen molar-refractivity contribution >= 4 is 37.3 Å². The zero-order valence-electron chi connectivity index (χ0n) is 12.0. The summed E-state index contributed by atoms with van der Waals surface area (Å²) < 4.78 is 5.23. The molecule has 0 spiro atoms. The highest BCUT2D eigenvalue weighted by Gasteiger charge is 2.42. The molecule has 1 aliphatic rings. The van der Waals surface area contributed by atoms with Crippen LogP contribution in [0.5, 0.6) is 0 Å². The summed E-state index contributed by atoms with van der Waals surface area (Å²) in [5.41, 5.74) is 0.862. The number of carbonyl (C=O) groups is 2. The van der Waals surface area contributed by atoms with Crippen LogP contribution in [0.1, 0.15) is 12.0 Å². The molecule has 120 valence electrons. The zero-order valence-corrected chi connectivity index (χ0v) is 13.7. The summed E-state index contributed by atoms with van der Waals surface area (Å²) in [5, 5.41) is 9.25. The van der Waals surface area contributed by atoms with Gasteiger partial charge in [0.15, 0.2) is 0 Å². The lowest BCUT2D eigenvalue weighted by atomic mass is 10.0. The van der Waals surface area contributed by atoms with Crippen molar-refractivity contribution in [2.24, 2.45) is 5.92 Å². The van der Waals surface area contributed by atoms with Crippen molar-refractivity contribution in [2.45, 2.75) is 24.3 Å². The molecule has 1 aromatic rings. The first-order valence-corrected chi connectivity index (χ1v) is 8.17. The third-order valence-electron chi connectivity index (χ3n) is 3.79. The number of amides is 1. The fourth-order valence-electron chi connectivity index (χ4n) is 2.53. The van der Waals surface area contributed by atoms with Crippen molar-refractivity contribution < 1.29 is 19.4 Å². The fourth-order valence-corrected chi connectivity index (χ4v) is 3.05. The molecule has 3 atom stereocenters. The number of carbonyl (C=O) groups excluding carboxylic acids is 1. The minimum absolute atomic E-state index is 0.00575. The number of aliphatic carboxylic acids is 1. The lowest BCUT2D eigenvalue weighted by Crippen LogP contribution is -2.40. The smallest absolute Gasteiger partial charge is 0.410 e. The van der Waals surface area contributed by atoms with Crippen molar-refractivity contribution in [3.8, 4) is 0 Å². The summed E-state index contributed by atoms with van der Waals surface area (Å²) in [6.45, 7) is 0.462. The Morgan fingerprint density at radius 1 is 1.36 bits per heavy atom. The molecular formula is C15H19NO4S2. The minimum atomic E-state index is -1.01. The summed E-state index contributed by atoms with van der Waals surface area (Å²) in [5.74, 6) is -0.474. The molecule has 2 unspecified atom stereocenters. The number of hydrogen-bond donors (Lipinski definition) is 3. The summed E-state index contributed by atoms with van der Waals surface area (Å²) in [7, 11) is 0. The van der Waals surface area contributed by atoms with Crippen LogP contribution in [0.4, 0.5) is 4.79 Å². The third-order valence-corrected chi connectivity index (χ3v) is 5.08. The first-order chi connectivity index (χ1) is 10.5. The molecule has 22 heavy (non-hydrogen) atoms. The van der Waals surface area contributed by atoms with Crippen LogP contribution < -0.4 is 0 Å². The number of carboxylic acids is 1. The SMILES string of the molecule is O=C(O)[C@@H]1CC(C(S)CS)CN1C(=O)OCc1ccccc1. The Bertz CT molecular complexity index is 526. The molecular weight excluding hydrogens is 322 g/mol. The van der Waals surface area contributed by atoms with Crippen molar-refractivity contribution in [1.29, 1.82) is 0 Å². The lowest BCUT2D eigenvalue weighted by Gasteiger charge is -2.21. The van der Waals surface area contributed by atoms with Gasteiger partial charge in [0.25, 0.3) is 0 Å². The normalized spacial score (nSPS) is 22.4. The molecule has 2 rings (SSSR count). The monoisotopic (exact) mass is 341 g/mol. The molecule has 0 saturated carbocycles. The van der Waals surface area contributed by atoms with Crippen molar-refractivity contribution in [2.75, 3.05) is 12.3 Å². The second-order valence-corrected chi connectivity index (χ2v) is 6.32. The maximum atomic E-state index is 12.2. The number of rotatable bonds is 5. The maximum Gasteiger partial charge on any atom is 0.410 e. The molecule has 0 radical (unpaired) electrons. The maximum absolute atomic E-state index is 12.2. The van der Waals surface area contributed by atoms with E-state index in [1.807, 2.05) is 30.3 Å². The van der Waals surface area contributed by atoms with Crippen LogP contribution >= 0.6 is 25.3 Å². The van der Waals surface area contributed by atoms with E-state index in [2.05, 4.69) is 25.3 Å². The number of likely N-dealkylation sites (tertiary alicyclic amines) is 1. The summed E-state index contributed by atoms with van der Waals surface area (Å²) >= 11 is 8.59. The van der Waals surface area contributed by atoms with Gasteiger partial charge in [-0.2, -0.15) is 25.3 Å². The average molecular weight is 341 g/mol. The highest BCUT2D eigenvalue weighted by atomic mass is 32.1. The van der Waals surface area contributed by atoms with E-state index in [0.717, 1.165) is 5.56 Å². The summed E-state index contributed by atoms with van der Waals surface area (Å²) in [4.78, 5) is 24.8. The predicted molar refractivity (Wildman–Crippen MR) is 89.5 cm³/mol. The van der Waals surface area contributed by atoms with Gasteiger partial charge in [-0.25, -0.2) is 9.59 Å².